The Hall–Kier alpha value is -2.82. The first-order valence-corrected chi connectivity index (χ1v) is 6.97. The van der Waals surface area contributed by atoms with Gasteiger partial charge >= 0.3 is 0 Å². The molecule has 3 rings (SSSR count). The first-order valence-electron chi connectivity index (χ1n) is 6.97. The zero-order chi connectivity index (χ0) is 15.5. The largest absolute Gasteiger partial charge is 0.507 e. The number of nitrogens with zero attached hydrogens (tertiary/aromatic N) is 2. The van der Waals surface area contributed by atoms with Crippen molar-refractivity contribution in [1.29, 1.82) is 0 Å². The van der Waals surface area contributed by atoms with Gasteiger partial charge in [0.1, 0.15) is 11.5 Å². The number of carbonyl (C=O) groups excluding carboxylic acids is 1. The Morgan fingerprint density at radius 3 is 2.73 bits per heavy atom. The van der Waals surface area contributed by atoms with Crippen molar-refractivity contribution in [3.63, 3.8) is 0 Å². The number of hydrogen-bond donors (Lipinski definition) is 1. The summed E-state index contributed by atoms with van der Waals surface area (Å²) in [6.45, 7) is 0. The van der Waals surface area contributed by atoms with Crippen molar-refractivity contribution in [3.8, 4) is 11.5 Å². The summed E-state index contributed by atoms with van der Waals surface area (Å²) in [5.41, 5.74) is 1.56. The van der Waals surface area contributed by atoms with Crippen molar-refractivity contribution in [2.24, 2.45) is 5.10 Å². The zero-order valence-corrected chi connectivity index (χ0v) is 12.1. The second-order valence-electron chi connectivity index (χ2n) is 5.04. The fourth-order valence-corrected chi connectivity index (χ4v) is 2.37. The number of ether oxygens (including phenoxy) is 1. The van der Waals surface area contributed by atoms with Crippen LogP contribution in [0.5, 0.6) is 11.5 Å². The maximum Gasteiger partial charge on any atom is 0.245 e. The molecule has 0 bridgehead atoms. The Morgan fingerprint density at radius 2 is 2.05 bits per heavy atom. The highest BCUT2D eigenvalue weighted by Crippen LogP contribution is 2.34. The summed E-state index contributed by atoms with van der Waals surface area (Å²) >= 11 is 0. The molecule has 1 aliphatic rings. The van der Waals surface area contributed by atoms with E-state index in [2.05, 4.69) is 5.10 Å². The number of phenolic OH excluding ortho intramolecular Hbond substituents is 1. The van der Waals surface area contributed by atoms with Gasteiger partial charge in [-0.3, -0.25) is 4.79 Å². The molecule has 1 N–H and O–H groups in total. The summed E-state index contributed by atoms with van der Waals surface area (Å²) in [5, 5.41) is 15.5. The van der Waals surface area contributed by atoms with E-state index in [4.69, 9.17) is 4.74 Å². The van der Waals surface area contributed by atoms with Crippen molar-refractivity contribution >= 4 is 12.1 Å². The molecular formula is C17H16N2O3. The van der Waals surface area contributed by atoms with Crippen molar-refractivity contribution < 1.29 is 14.6 Å². The van der Waals surface area contributed by atoms with Gasteiger partial charge in [0.05, 0.1) is 25.8 Å². The molecule has 0 aliphatic carbocycles. The normalized spacial score (nSPS) is 17.6. The summed E-state index contributed by atoms with van der Waals surface area (Å²) in [7, 11) is 1.55. The SMILES string of the molecule is COc1ccc(O)c(/C=N/N2C(=O)CC2c2ccccc2)c1. The van der Waals surface area contributed by atoms with Crippen LogP contribution in [0.4, 0.5) is 0 Å². The van der Waals surface area contributed by atoms with Crippen LogP contribution in [0.15, 0.2) is 53.6 Å². The Kier molecular flexibility index (Phi) is 3.78. The van der Waals surface area contributed by atoms with Crippen LogP contribution < -0.4 is 4.74 Å². The van der Waals surface area contributed by atoms with Gasteiger partial charge in [0.25, 0.3) is 0 Å². The van der Waals surface area contributed by atoms with Crippen LogP contribution in [-0.2, 0) is 4.79 Å². The first kappa shape index (κ1) is 14.1. The van der Waals surface area contributed by atoms with Gasteiger partial charge in [0.2, 0.25) is 5.91 Å². The molecule has 1 aliphatic heterocycles. The number of hydrogen-bond acceptors (Lipinski definition) is 4. The minimum Gasteiger partial charge on any atom is -0.507 e. The molecule has 1 amide bonds. The molecule has 5 nitrogen and oxygen atoms in total. The predicted octanol–water partition coefficient (Wildman–Crippen LogP) is 2.71. The van der Waals surface area contributed by atoms with Gasteiger partial charge in [0.15, 0.2) is 0 Å². The molecule has 0 saturated carbocycles. The van der Waals surface area contributed by atoms with Crippen molar-refractivity contribution in [2.45, 2.75) is 12.5 Å². The molecule has 1 unspecified atom stereocenters. The van der Waals surface area contributed by atoms with Gasteiger partial charge < -0.3 is 9.84 Å². The molecule has 2 aromatic carbocycles. The van der Waals surface area contributed by atoms with Crippen LogP contribution >= 0.6 is 0 Å². The monoisotopic (exact) mass is 296 g/mol. The highest BCUT2D eigenvalue weighted by atomic mass is 16.5. The average Bonchev–Trinajstić information content (AvgIpc) is 2.55. The zero-order valence-electron chi connectivity index (χ0n) is 12.1. The van der Waals surface area contributed by atoms with Crippen LogP contribution in [0, 0.1) is 0 Å². The molecule has 1 atom stereocenters. The topological polar surface area (TPSA) is 62.1 Å². The third-order valence-electron chi connectivity index (χ3n) is 3.66. The number of β-lactam (4-membered cyclic amide) rings is 1. The van der Waals surface area contributed by atoms with Crippen LogP contribution in [-0.4, -0.2) is 29.3 Å². The number of phenols is 1. The van der Waals surface area contributed by atoms with Crippen LogP contribution in [0.2, 0.25) is 0 Å². The number of carbonyl (C=O) groups is 1. The van der Waals surface area contributed by atoms with E-state index in [1.54, 1.807) is 19.2 Å². The van der Waals surface area contributed by atoms with E-state index in [0.29, 0.717) is 17.7 Å². The Morgan fingerprint density at radius 1 is 1.27 bits per heavy atom. The third-order valence-corrected chi connectivity index (χ3v) is 3.66. The number of methoxy groups -OCH3 is 1. The Bertz CT molecular complexity index is 713. The number of rotatable bonds is 4. The maximum absolute atomic E-state index is 11.8. The number of benzene rings is 2. The van der Waals surface area contributed by atoms with E-state index in [-0.39, 0.29) is 17.7 Å². The third kappa shape index (κ3) is 2.65. The summed E-state index contributed by atoms with van der Waals surface area (Å²) in [4.78, 5) is 11.8. The molecule has 1 fully saturated rings. The molecule has 22 heavy (non-hydrogen) atoms. The molecule has 0 aromatic heterocycles. The van der Waals surface area contributed by atoms with E-state index in [0.717, 1.165) is 5.56 Å². The molecular weight excluding hydrogens is 280 g/mol. The molecule has 0 radical (unpaired) electrons. The summed E-state index contributed by atoms with van der Waals surface area (Å²) in [5.74, 6) is 0.676. The summed E-state index contributed by atoms with van der Waals surface area (Å²) in [6.07, 6.45) is 1.93. The van der Waals surface area contributed by atoms with Crippen molar-refractivity contribution in [2.75, 3.05) is 7.11 Å². The van der Waals surface area contributed by atoms with Gasteiger partial charge in [0, 0.05) is 5.56 Å². The lowest BCUT2D eigenvalue weighted by atomic mass is 9.96. The lowest BCUT2D eigenvalue weighted by molar-refractivity contribution is -0.146. The van der Waals surface area contributed by atoms with Gasteiger partial charge in [-0.25, -0.2) is 5.01 Å². The van der Waals surface area contributed by atoms with E-state index in [9.17, 15) is 9.90 Å². The Balaban J connectivity index is 1.81. The summed E-state index contributed by atoms with van der Waals surface area (Å²) < 4.78 is 5.12. The van der Waals surface area contributed by atoms with Gasteiger partial charge in [-0.2, -0.15) is 5.10 Å². The number of amides is 1. The first-order chi connectivity index (χ1) is 10.7. The second-order valence-corrected chi connectivity index (χ2v) is 5.04. The highest BCUT2D eigenvalue weighted by Gasteiger charge is 2.37. The quantitative estimate of drug-likeness (QED) is 0.697. The smallest absolute Gasteiger partial charge is 0.245 e. The van der Waals surface area contributed by atoms with Gasteiger partial charge in [-0.1, -0.05) is 30.3 Å². The van der Waals surface area contributed by atoms with Gasteiger partial charge in [-0.15, -0.1) is 0 Å². The maximum atomic E-state index is 11.8. The van der Waals surface area contributed by atoms with Crippen molar-refractivity contribution in [3.05, 3.63) is 59.7 Å². The molecule has 2 aromatic rings. The lowest BCUT2D eigenvalue weighted by Gasteiger charge is -2.36. The number of hydrazone groups is 1. The molecule has 112 valence electrons. The van der Waals surface area contributed by atoms with Crippen LogP contribution in [0.1, 0.15) is 23.6 Å². The molecule has 0 spiro atoms. The summed E-state index contributed by atoms with van der Waals surface area (Å²) in [6, 6.07) is 14.6. The Labute approximate surface area is 128 Å². The van der Waals surface area contributed by atoms with Gasteiger partial charge in [-0.05, 0) is 23.8 Å². The molecule has 1 saturated heterocycles. The predicted molar refractivity (Wildman–Crippen MR) is 82.9 cm³/mol. The lowest BCUT2D eigenvalue weighted by Crippen LogP contribution is -2.42. The van der Waals surface area contributed by atoms with E-state index in [1.807, 2.05) is 30.3 Å². The minimum atomic E-state index is -0.0438. The van der Waals surface area contributed by atoms with E-state index >= 15 is 0 Å². The molecule has 1 heterocycles. The fraction of sp³-hybridized carbons (Fsp3) is 0.176. The van der Waals surface area contributed by atoms with E-state index in [1.165, 1.54) is 17.3 Å². The van der Waals surface area contributed by atoms with Crippen LogP contribution in [0.3, 0.4) is 0 Å². The second kappa shape index (κ2) is 5.89. The minimum absolute atomic E-state index is 0.0347. The van der Waals surface area contributed by atoms with Crippen molar-refractivity contribution in [1.82, 2.24) is 5.01 Å². The standard InChI is InChI=1S/C17H16N2O3/c1-22-14-7-8-16(20)13(9-14)11-18-19-15(10-17(19)21)12-5-3-2-4-6-12/h2-9,11,15,20H,10H2,1H3/b18-11+. The molecule has 5 heteroatoms. The van der Waals surface area contributed by atoms with Crippen LogP contribution in [0.25, 0.3) is 0 Å². The fourth-order valence-electron chi connectivity index (χ4n) is 2.37. The average molecular weight is 296 g/mol. The highest BCUT2D eigenvalue weighted by molar-refractivity contribution is 5.88. The van der Waals surface area contributed by atoms with E-state index < -0.39 is 0 Å². The number of aromatic hydroxyl groups is 1.